The largest absolute Gasteiger partial charge is 0.396 e. The molecule has 0 bridgehead atoms. The van der Waals surface area contributed by atoms with Crippen molar-refractivity contribution in [3.63, 3.8) is 0 Å². The molecule has 6 heteroatoms. The maximum atomic E-state index is 13.9. The molecule has 0 spiro atoms. The van der Waals surface area contributed by atoms with E-state index >= 15 is 0 Å². The van der Waals surface area contributed by atoms with E-state index in [0.717, 1.165) is 18.6 Å². The third-order valence-corrected chi connectivity index (χ3v) is 3.02. The van der Waals surface area contributed by atoms with Crippen LogP contribution in [0.5, 0.6) is 0 Å². The molecule has 1 aromatic carbocycles. The molecule has 0 fully saturated rings. The first kappa shape index (κ1) is 17.4. The van der Waals surface area contributed by atoms with Crippen molar-refractivity contribution in [3.8, 4) is 0 Å². The zero-order valence-electron chi connectivity index (χ0n) is 12.9. The number of nitrogens with zero attached hydrogens (tertiary/aromatic N) is 1. The molecule has 1 aromatic rings. The fourth-order valence-electron chi connectivity index (χ4n) is 2.22. The second-order valence-electron chi connectivity index (χ2n) is 5.89. The van der Waals surface area contributed by atoms with Crippen LogP contribution in [0.15, 0.2) is 12.1 Å². The second kappa shape index (κ2) is 7.36. The number of carbonyl (C=O) groups is 1. The first-order valence-electron chi connectivity index (χ1n) is 6.91. The molecule has 21 heavy (non-hydrogen) atoms. The van der Waals surface area contributed by atoms with Crippen LogP contribution in [0.2, 0.25) is 0 Å². The van der Waals surface area contributed by atoms with Crippen molar-refractivity contribution < 1.29 is 13.6 Å². The quantitative estimate of drug-likeness (QED) is 0.792. The Morgan fingerprint density at radius 2 is 1.95 bits per heavy atom. The SMILES string of the molecule is CC(C)CC(CN(C)C)NC(=O)c1c(F)ccc(N)c1F. The molecule has 0 aliphatic carbocycles. The summed E-state index contributed by atoms with van der Waals surface area (Å²) in [6, 6.07) is 1.91. The molecule has 0 heterocycles. The average molecular weight is 299 g/mol. The highest BCUT2D eigenvalue weighted by atomic mass is 19.1. The first-order valence-corrected chi connectivity index (χ1v) is 6.91. The molecule has 0 saturated carbocycles. The van der Waals surface area contributed by atoms with Crippen LogP contribution in [0.3, 0.4) is 0 Å². The van der Waals surface area contributed by atoms with Gasteiger partial charge in [0.05, 0.1) is 5.69 Å². The third kappa shape index (κ3) is 4.97. The number of benzene rings is 1. The number of rotatable bonds is 6. The highest BCUT2D eigenvalue weighted by Gasteiger charge is 2.23. The number of amides is 1. The summed E-state index contributed by atoms with van der Waals surface area (Å²) in [5.41, 5.74) is 4.53. The molecule has 1 amide bonds. The number of hydrogen-bond donors (Lipinski definition) is 2. The number of carbonyl (C=O) groups excluding carboxylic acids is 1. The highest BCUT2D eigenvalue weighted by molar-refractivity contribution is 5.95. The molecule has 1 unspecified atom stereocenters. The van der Waals surface area contributed by atoms with Gasteiger partial charge in [0.1, 0.15) is 11.4 Å². The number of hydrogen-bond acceptors (Lipinski definition) is 3. The maximum absolute atomic E-state index is 13.9. The van der Waals surface area contributed by atoms with Crippen LogP contribution in [-0.2, 0) is 0 Å². The van der Waals surface area contributed by atoms with Crippen molar-refractivity contribution >= 4 is 11.6 Å². The van der Waals surface area contributed by atoms with Crippen molar-refractivity contribution in [2.75, 3.05) is 26.4 Å². The Kier molecular flexibility index (Phi) is 6.08. The van der Waals surface area contributed by atoms with Gasteiger partial charge in [-0.1, -0.05) is 13.8 Å². The van der Waals surface area contributed by atoms with E-state index in [4.69, 9.17) is 5.73 Å². The van der Waals surface area contributed by atoms with E-state index < -0.39 is 23.1 Å². The Balaban J connectivity index is 2.94. The summed E-state index contributed by atoms with van der Waals surface area (Å²) in [4.78, 5) is 14.1. The number of likely N-dealkylation sites (N-methyl/N-ethyl adjacent to an activating group) is 1. The number of nitrogen functional groups attached to an aromatic ring is 1. The summed E-state index contributed by atoms with van der Waals surface area (Å²) < 4.78 is 27.5. The van der Waals surface area contributed by atoms with Crippen LogP contribution in [0.4, 0.5) is 14.5 Å². The van der Waals surface area contributed by atoms with Crippen molar-refractivity contribution in [2.24, 2.45) is 5.92 Å². The summed E-state index contributed by atoms with van der Waals surface area (Å²) in [6.07, 6.45) is 0.718. The minimum absolute atomic E-state index is 0.187. The van der Waals surface area contributed by atoms with E-state index in [1.165, 1.54) is 0 Å². The predicted molar refractivity (Wildman–Crippen MR) is 80.0 cm³/mol. The Labute approximate surface area is 124 Å². The summed E-state index contributed by atoms with van der Waals surface area (Å²) >= 11 is 0. The van der Waals surface area contributed by atoms with Gasteiger partial charge in [-0.25, -0.2) is 8.78 Å². The van der Waals surface area contributed by atoms with E-state index in [-0.39, 0.29) is 11.7 Å². The predicted octanol–water partition coefficient (Wildman–Crippen LogP) is 2.25. The number of anilines is 1. The van der Waals surface area contributed by atoms with Crippen LogP contribution in [0, 0.1) is 17.6 Å². The molecule has 0 radical (unpaired) electrons. The smallest absolute Gasteiger partial charge is 0.257 e. The van der Waals surface area contributed by atoms with Crippen molar-refractivity contribution in [3.05, 3.63) is 29.3 Å². The number of nitrogens with two attached hydrogens (primary N) is 1. The van der Waals surface area contributed by atoms with Crippen LogP contribution in [0.1, 0.15) is 30.6 Å². The Morgan fingerprint density at radius 1 is 1.33 bits per heavy atom. The topological polar surface area (TPSA) is 58.4 Å². The minimum Gasteiger partial charge on any atom is -0.396 e. The van der Waals surface area contributed by atoms with E-state index in [1.807, 2.05) is 32.8 Å². The van der Waals surface area contributed by atoms with E-state index in [1.54, 1.807) is 0 Å². The monoisotopic (exact) mass is 299 g/mol. The Morgan fingerprint density at radius 3 is 2.48 bits per heavy atom. The highest BCUT2D eigenvalue weighted by Crippen LogP contribution is 2.19. The van der Waals surface area contributed by atoms with Gasteiger partial charge >= 0.3 is 0 Å². The van der Waals surface area contributed by atoms with Gasteiger partial charge in [0, 0.05) is 12.6 Å². The summed E-state index contributed by atoms with van der Waals surface area (Å²) in [5, 5.41) is 2.69. The molecule has 0 saturated heterocycles. The third-order valence-electron chi connectivity index (χ3n) is 3.02. The zero-order chi connectivity index (χ0) is 16.2. The molecule has 0 aliphatic heterocycles. The van der Waals surface area contributed by atoms with E-state index in [2.05, 4.69) is 5.32 Å². The van der Waals surface area contributed by atoms with Gasteiger partial charge in [0.25, 0.3) is 5.91 Å². The fraction of sp³-hybridized carbons (Fsp3) is 0.533. The molecule has 1 rings (SSSR count). The van der Waals surface area contributed by atoms with Gasteiger partial charge in [-0.3, -0.25) is 4.79 Å². The first-order chi connectivity index (χ1) is 9.72. The lowest BCUT2D eigenvalue weighted by molar-refractivity contribution is 0.0916. The second-order valence-corrected chi connectivity index (χ2v) is 5.89. The van der Waals surface area contributed by atoms with Crippen molar-refractivity contribution in [1.82, 2.24) is 10.2 Å². The lowest BCUT2D eigenvalue weighted by atomic mass is 10.0. The normalized spacial score (nSPS) is 12.8. The van der Waals surface area contributed by atoms with Crippen LogP contribution < -0.4 is 11.1 Å². The molecule has 1 atom stereocenters. The molecular formula is C15H23F2N3O. The number of halogens is 2. The van der Waals surface area contributed by atoms with E-state index in [0.29, 0.717) is 12.5 Å². The summed E-state index contributed by atoms with van der Waals surface area (Å²) in [5.74, 6) is -2.34. The molecule has 0 aromatic heterocycles. The molecule has 118 valence electrons. The Bertz CT molecular complexity index is 494. The fourth-order valence-corrected chi connectivity index (χ4v) is 2.22. The molecular weight excluding hydrogens is 276 g/mol. The lowest BCUT2D eigenvalue weighted by Crippen LogP contribution is -2.43. The Hall–Kier alpha value is -1.69. The van der Waals surface area contributed by atoms with Gasteiger partial charge < -0.3 is 16.0 Å². The average Bonchev–Trinajstić information content (AvgIpc) is 2.32. The number of nitrogens with one attached hydrogen (secondary N) is 1. The zero-order valence-corrected chi connectivity index (χ0v) is 12.9. The summed E-state index contributed by atoms with van der Waals surface area (Å²) in [6.45, 7) is 4.64. The van der Waals surface area contributed by atoms with Crippen molar-refractivity contribution in [2.45, 2.75) is 26.3 Å². The van der Waals surface area contributed by atoms with E-state index in [9.17, 15) is 13.6 Å². The lowest BCUT2D eigenvalue weighted by Gasteiger charge is -2.24. The van der Waals surface area contributed by atoms with Crippen LogP contribution in [0.25, 0.3) is 0 Å². The van der Waals surface area contributed by atoms with Gasteiger partial charge in [0.2, 0.25) is 0 Å². The minimum atomic E-state index is -1.01. The molecule has 4 nitrogen and oxygen atoms in total. The van der Waals surface area contributed by atoms with Gasteiger partial charge in [-0.2, -0.15) is 0 Å². The van der Waals surface area contributed by atoms with Crippen molar-refractivity contribution in [1.29, 1.82) is 0 Å². The standard InChI is InChI=1S/C15H23F2N3O/c1-9(2)7-10(8-20(3)4)19-15(21)13-11(16)5-6-12(18)14(13)17/h5-6,9-10H,7-8,18H2,1-4H3,(H,19,21). The molecule has 3 N–H and O–H groups in total. The van der Waals surface area contributed by atoms with Crippen LogP contribution in [-0.4, -0.2) is 37.5 Å². The van der Waals surface area contributed by atoms with Gasteiger partial charge in [-0.05, 0) is 38.6 Å². The van der Waals surface area contributed by atoms with Crippen LogP contribution >= 0.6 is 0 Å². The molecule has 0 aliphatic rings. The maximum Gasteiger partial charge on any atom is 0.257 e. The van der Waals surface area contributed by atoms with Gasteiger partial charge in [-0.15, -0.1) is 0 Å². The summed E-state index contributed by atoms with van der Waals surface area (Å²) in [7, 11) is 3.75. The van der Waals surface area contributed by atoms with Gasteiger partial charge in [0.15, 0.2) is 5.82 Å².